The van der Waals surface area contributed by atoms with E-state index in [1.807, 2.05) is 36.4 Å². The highest BCUT2D eigenvalue weighted by molar-refractivity contribution is 5.66. The SMILES string of the molecule is OC(COCc1ccccc1)CN1CC=C(c2ccccc2)CC1. The lowest BCUT2D eigenvalue weighted by atomic mass is 9.99. The molecule has 1 unspecified atom stereocenters. The van der Waals surface area contributed by atoms with Crippen LogP contribution in [0, 0.1) is 0 Å². The first-order chi connectivity index (χ1) is 11.8. The lowest BCUT2D eigenvalue weighted by Gasteiger charge is -2.28. The van der Waals surface area contributed by atoms with Gasteiger partial charge in [0.05, 0.1) is 19.3 Å². The van der Waals surface area contributed by atoms with E-state index in [0.717, 1.165) is 25.1 Å². The number of nitrogens with zero attached hydrogens (tertiary/aromatic N) is 1. The summed E-state index contributed by atoms with van der Waals surface area (Å²) in [5.41, 5.74) is 3.85. The molecular weight excluding hydrogens is 298 g/mol. The van der Waals surface area contributed by atoms with Gasteiger partial charge in [-0.25, -0.2) is 0 Å². The third kappa shape index (κ3) is 5.03. The predicted molar refractivity (Wildman–Crippen MR) is 97.6 cm³/mol. The molecule has 0 radical (unpaired) electrons. The summed E-state index contributed by atoms with van der Waals surface area (Å²) in [7, 11) is 0. The van der Waals surface area contributed by atoms with Crippen LogP contribution in [0.25, 0.3) is 5.57 Å². The number of aliphatic hydroxyl groups excluding tert-OH is 1. The van der Waals surface area contributed by atoms with Gasteiger partial charge in [-0.2, -0.15) is 0 Å². The fourth-order valence-corrected chi connectivity index (χ4v) is 3.03. The van der Waals surface area contributed by atoms with Crippen LogP contribution in [-0.2, 0) is 11.3 Å². The molecule has 0 aliphatic carbocycles. The van der Waals surface area contributed by atoms with Crippen LogP contribution >= 0.6 is 0 Å². The minimum absolute atomic E-state index is 0.376. The van der Waals surface area contributed by atoms with Crippen LogP contribution in [0.15, 0.2) is 66.7 Å². The second kappa shape index (κ2) is 8.78. The summed E-state index contributed by atoms with van der Waals surface area (Å²) in [6.07, 6.45) is 2.86. The Morgan fingerprint density at radius 2 is 1.71 bits per heavy atom. The van der Waals surface area contributed by atoms with Gasteiger partial charge < -0.3 is 9.84 Å². The monoisotopic (exact) mass is 323 g/mol. The van der Waals surface area contributed by atoms with Crippen LogP contribution in [0.4, 0.5) is 0 Å². The van der Waals surface area contributed by atoms with Crippen LogP contribution in [0.3, 0.4) is 0 Å². The van der Waals surface area contributed by atoms with Gasteiger partial charge in [0.1, 0.15) is 0 Å². The summed E-state index contributed by atoms with van der Waals surface area (Å²) >= 11 is 0. The van der Waals surface area contributed by atoms with Crippen molar-refractivity contribution in [2.24, 2.45) is 0 Å². The Hall–Kier alpha value is -1.94. The maximum absolute atomic E-state index is 10.2. The Balaban J connectivity index is 1.40. The molecule has 0 saturated heterocycles. The molecule has 2 aromatic carbocycles. The molecule has 0 spiro atoms. The van der Waals surface area contributed by atoms with Crippen LogP contribution in [0.1, 0.15) is 17.5 Å². The highest BCUT2D eigenvalue weighted by Crippen LogP contribution is 2.21. The van der Waals surface area contributed by atoms with Crippen molar-refractivity contribution in [2.45, 2.75) is 19.1 Å². The van der Waals surface area contributed by atoms with Crippen molar-refractivity contribution in [1.82, 2.24) is 4.90 Å². The molecule has 0 aromatic heterocycles. The van der Waals surface area contributed by atoms with Gasteiger partial charge in [-0.1, -0.05) is 66.7 Å². The minimum atomic E-state index is -0.444. The van der Waals surface area contributed by atoms with E-state index in [0.29, 0.717) is 19.8 Å². The zero-order chi connectivity index (χ0) is 16.6. The van der Waals surface area contributed by atoms with E-state index in [1.54, 1.807) is 0 Å². The molecule has 1 aliphatic heterocycles. The molecule has 0 bridgehead atoms. The van der Waals surface area contributed by atoms with E-state index in [-0.39, 0.29) is 0 Å². The Labute approximate surface area is 144 Å². The second-order valence-corrected chi connectivity index (χ2v) is 6.26. The summed E-state index contributed by atoms with van der Waals surface area (Å²) in [5, 5.41) is 10.2. The maximum Gasteiger partial charge on any atom is 0.0900 e. The van der Waals surface area contributed by atoms with Gasteiger partial charge >= 0.3 is 0 Å². The number of benzene rings is 2. The van der Waals surface area contributed by atoms with E-state index in [4.69, 9.17) is 4.74 Å². The molecule has 1 N–H and O–H groups in total. The topological polar surface area (TPSA) is 32.7 Å². The molecule has 0 saturated carbocycles. The third-order valence-electron chi connectivity index (χ3n) is 4.33. The largest absolute Gasteiger partial charge is 0.389 e. The molecule has 1 aliphatic rings. The summed E-state index contributed by atoms with van der Waals surface area (Å²) in [6.45, 7) is 3.46. The lowest BCUT2D eigenvalue weighted by molar-refractivity contribution is 0.0115. The van der Waals surface area contributed by atoms with E-state index in [2.05, 4.69) is 35.2 Å². The fraction of sp³-hybridized carbons (Fsp3) is 0.333. The zero-order valence-corrected chi connectivity index (χ0v) is 14.0. The molecule has 0 amide bonds. The average Bonchev–Trinajstić information content (AvgIpc) is 2.64. The Bertz CT molecular complexity index is 639. The van der Waals surface area contributed by atoms with Crippen molar-refractivity contribution in [3.63, 3.8) is 0 Å². The van der Waals surface area contributed by atoms with Gasteiger partial charge in [0.2, 0.25) is 0 Å². The first-order valence-electron chi connectivity index (χ1n) is 8.58. The van der Waals surface area contributed by atoms with Gasteiger partial charge in [0, 0.05) is 19.6 Å². The summed E-state index contributed by atoms with van der Waals surface area (Å²) in [4.78, 5) is 2.28. The highest BCUT2D eigenvalue weighted by atomic mass is 16.5. The molecule has 1 atom stereocenters. The van der Waals surface area contributed by atoms with Crippen molar-refractivity contribution < 1.29 is 9.84 Å². The molecule has 3 nitrogen and oxygen atoms in total. The van der Waals surface area contributed by atoms with Gasteiger partial charge in [-0.05, 0) is 23.1 Å². The van der Waals surface area contributed by atoms with Crippen LogP contribution in [0.5, 0.6) is 0 Å². The Morgan fingerprint density at radius 3 is 2.38 bits per heavy atom. The molecule has 3 heteroatoms. The van der Waals surface area contributed by atoms with Gasteiger partial charge in [0.15, 0.2) is 0 Å². The van der Waals surface area contributed by atoms with Gasteiger partial charge in [0.25, 0.3) is 0 Å². The number of ether oxygens (including phenoxy) is 1. The molecule has 126 valence electrons. The molecule has 24 heavy (non-hydrogen) atoms. The molecule has 3 rings (SSSR count). The van der Waals surface area contributed by atoms with Crippen LogP contribution in [0.2, 0.25) is 0 Å². The molecular formula is C21H25NO2. The number of β-amino-alcohol motifs (C(OH)–C–C–N with tert-alkyl or cyclic N) is 1. The smallest absolute Gasteiger partial charge is 0.0900 e. The first kappa shape index (κ1) is 16.9. The zero-order valence-electron chi connectivity index (χ0n) is 14.0. The van der Waals surface area contributed by atoms with Crippen molar-refractivity contribution in [1.29, 1.82) is 0 Å². The maximum atomic E-state index is 10.2. The first-order valence-corrected chi connectivity index (χ1v) is 8.58. The van der Waals surface area contributed by atoms with Crippen molar-refractivity contribution in [3.8, 4) is 0 Å². The van der Waals surface area contributed by atoms with Crippen molar-refractivity contribution >= 4 is 5.57 Å². The Morgan fingerprint density at radius 1 is 1.00 bits per heavy atom. The van der Waals surface area contributed by atoms with Gasteiger partial charge in [-0.3, -0.25) is 4.90 Å². The summed E-state index contributed by atoms with van der Waals surface area (Å²) in [5.74, 6) is 0. The molecule has 0 fully saturated rings. The van der Waals surface area contributed by atoms with E-state index in [9.17, 15) is 5.11 Å². The van der Waals surface area contributed by atoms with Crippen LogP contribution < -0.4 is 0 Å². The number of hydrogen-bond donors (Lipinski definition) is 1. The number of aliphatic hydroxyl groups is 1. The molecule has 2 aromatic rings. The Kier molecular flexibility index (Phi) is 6.19. The lowest BCUT2D eigenvalue weighted by Crippen LogP contribution is -2.37. The number of rotatable bonds is 7. The fourth-order valence-electron chi connectivity index (χ4n) is 3.03. The molecule has 1 heterocycles. The van der Waals surface area contributed by atoms with Crippen molar-refractivity contribution in [3.05, 3.63) is 77.9 Å². The quantitative estimate of drug-likeness (QED) is 0.848. The summed E-state index contributed by atoms with van der Waals surface area (Å²) < 4.78 is 5.62. The standard InChI is InChI=1S/C21H25NO2/c23-21(17-24-16-18-7-3-1-4-8-18)15-22-13-11-20(12-14-22)19-9-5-2-6-10-19/h1-11,21,23H,12-17H2. The third-order valence-corrected chi connectivity index (χ3v) is 4.33. The van der Waals surface area contributed by atoms with Gasteiger partial charge in [-0.15, -0.1) is 0 Å². The highest BCUT2D eigenvalue weighted by Gasteiger charge is 2.16. The average molecular weight is 323 g/mol. The van der Waals surface area contributed by atoms with E-state index >= 15 is 0 Å². The number of hydrogen-bond acceptors (Lipinski definition) is 3. The van der Waals surface area contributed by atoms with Crippen molar-refractivity contribution in [2.75, 3.05) is 26.2 Å². The minimum Gasteiger partial charge on any atom is -0.389 e. The normalized spacial score (nSPS) is 16.6. The second-order valence-electron chi connectivity index (χ2n) is 6.26. The van der Waals surface area contributed by atoms with E-state index in [1.165, 1.54) is 11.1 Å². The predicted octanol–water partition coefficient (Wildman–Crippen LogP) is 3.35. The summed E-state index contributed by atoms with van der Waals surface area (Å²) in [6, 6.07) is 20.6. The van der Waals surface area contributed by atoms with E-state index < -0.39 is 6.10 Å². The van der Waals surface area contributed by atoms with Crippen LogP contribution in [-0.4, -0.2) is 42.4 Å².